The zero-order valence-corrected chi connectivity index (χ0v) is 32.5. The third-order valence-corrected chi connectivity index (χ3v) is 8.91. The van der Waals surface area contributed by atoms with Gasteiger partial charge in [-0.05, 0) is 62.6 Å². The summed E-state index contributed by atoms with van der Waals surface area (Å²) in [6.07, 6.45) is 2.77. The second-order valence-electron chi connectivity index (χ2n) is 11.8. The van der Waals surface area contributed by atoms with Crippen LogP contribution >= 0.6 is 11.3 Å². The van der Waals surface area contributed by atoms with Crippen molar-refractivity contribution in [2.45, 2.75) is 40.4 Å². The van der Waals surface area contributed by atoms with Gasteiger partial charge in [0.2, 0.25) is 0 Å². The van der Waals surface area contributed by atoms with Crippen molar-refractivity contribution in [1.29, 1.82) is 10.5 Å². The van der Waals surface area contributed by atoms with E-state index in [2.05, 4.69) is 40.3 Å². The second-order valence-corrected chi connectivity index (χ2v) is 12.8. The molecule has 0 radical (unpaired) electrons. The van der Waals surface area contributed by atoms with Crippen molar-refractivity contribution < 1.29 is 38.0 Å². The number of thiophene rings is 1. The fraction of sp³-hybridized carbons (Fsp3) is 0.475. The first kappa shape index (κ1) is 43.9. The number of anilines is 1. The van der Waals surface area contributed by atoms with Gasteiger partial charge in [0.15, 0.2) is 5.00 Å². The summed E-state index contributed by atoms with van der Waals surface area (Å²) in [7, 11) is 0. The molecule has 2 aromatic carbocycles. The van der Waals surface area contributed by atoms with Crippen LogP contribution in [0.15, 0.2) is 70.9 Å². The quantitative estimate of drug-likeness (QED) is 0.0337. The van der Waals surface area contributed by atoms with E-state index in [0.717, 1.165) is 23.4 Å². The van der Waals surface area contributed by atoms with Gasteiger partial charge in [-0.1, -0.05) is 36.4 Å². The summed E-state index contributed by atoms with van der Waals surface area (Å²) < 4.78 is 39.5. The predicted molar refractivity (Wildman–Crippen MR) is 207 cm³/mol. The molecule has 14 heteroatoms. The topological polar surface area (TPSA) is 157 Å². The van der Waals surface area contributed by atoms with Crippen molar-refractivity contribution in [3.05, 3.63) is 87.8 Å². The number of carbonyl (C=O) groups is 1. The van der Waals surface area contributed by atoms with Crippen LogP contribution < -0.4 is 4.90 Å². The lowest BCUT2D eigenvalue weighted by atomic mass is 10.1. The molecule has 0 aliphatic heterocycles. The normalized spacial score (nSPS) is 11.9. The van der Waals surface area contributed by atoms with Gasteiger partial charge in [0.05, 0.1) is 90.0 Å². The van der Waals surface area contributed by atoms with E-state index in [1.54, 1.807) is 19.9 Å². The number of hydrogen-bond acceptors (Lipinski definition) is 14. The Balaban J connectivity index is 1.42. The number of ether oxygens (including phenoxy) is 7. The molecule has 3 rings (SSSR count). The standard InChI is InChI=1S/C40H51N5O8S/c1-5-10-39(46)53-24-22-50-20-18-48-16-15-47-17-19-49-21-23-52-35(30-51-29-33-11-8-7-9-12-33)28-45(6-2)34-13-14-37(31(3)25-34)43-44-40-36(26-41)32(4)38(27-42)54-40/h5,7-14,25,35H,6,15-24,28-30H2,1-4H3/b10-5-,44-43?. The van der Waals surface area contributed by atoms with Crippen LogP contribution in [0, 0.1) is 36.5 Å². The van der Waals surface area contributed by atoms with Gasteiger partial charge in [-0.25, -0.2) is 4.79 Å². The van der Waals surface area contributed by atoms with E-state index in [0.29, 0.717) is 106 Å². The molecule has 0 spiro atoms. The van der Waals surface area contributed by atoms with Crippen LogP contribution in [0.3, 0.4) is 0 Å². The summed E-state index contributed by atoms with van der Waals surface area (Å²) in [4.78, 5) is 13.9. The van der Waals surface area contributed by atoms with E-state index in [4.69, 9.17) is 33.2 Å². The molecule has 0 bridgehead atoms. The minimum absolute atomic E-state index is 0.206. The minimum Gasteiger partial charge on any atom is -0.460 e. The first-order chi connectivity index (χ1) is 26.4. The van der Waals surface area contributed by atoms with Gasteiger partial charge in [0, 0.05) is 24.9 Å². The summed E-state index contributed by atoms with van der Waals surface area (Å²) >= 11 is 1.17. The Labute approximate surface area is 322 Å². The van der Waals surface area contributed by atoms with Crippen molar-refractivity contribution >= 4 is 33.7 Å². The SMILES string of the molecule is C/C=C\C(=O)OCCOCCOCCOCCOCCOC(COCc1ccccc1)CN(CC)c1ccc(N=Nc2sc(C#N)c(C)c2C#N)c(C)c1. The van der Waals surface area contributed by atoms with Crippen molar-refractivity contribution in [1.82, 2.24) is 0 Å². The highest BCUT2D eigenvalue weighted by molar-refractivity contribution is 7.16. The van der Waals surface area contributed by atoms with Crippen molar-refractivity contribution in [3.63, 3.8) is 0 Å². The third-order valence-electron chi connectivity index (χ3n) is 7.83. The third kappa shape index (κ3) is 16.2. The average Bonchev–Trinajstić information content (AvgIpc) is 3.50. The monoisotopic (exact) mass is 761 g/mol. The molecule has 0 saturated heterocycles. The second kappa shape index (κ2) is 26.3. The highest BCUT2D eigenvalue weighted by Crippen LogP contribution is 2.36. The number of esters is 1. The molecule has 0 amide bonds. The molecule has 1 unspecified atom stereocenters. The fourth-order valence-electron chi connectivity index (χ4n) is 4.97. The Morgan fingerprint density at radius 2 is 1.50 bits per heavy atom. The lowest BCUT2D eigenvalue weighted by Crippen LogP contribution is -2.37. The molecule has 0 N–H and O–H groups in total. The Kier molecular flexibility index (Phi) is 21.4. The lowest BCUT2D eigenvalue weighted by Gasteiger charge is -2.29. The molecule has 290 valence electrons. The zero-order chi connectivity index (χ0) is 38.8. The molecule has 1 atom stereocenters. The van der Waals surface area contributed by atoms with Gasteiger partial charge in [-0.3, -0.25) is 0 Å². The first-order valence-electron chi connectivity index (χ1n) is 17.9. The van der Waals surface area contributed by atoms with Gasteiger partial charge >= 0.3 is 5.97 Å². The molecular formula is C40H51N5O8S. The lowest BCUT2D eigenvalue weighted by molar-refractivity contribution is -0.139. The van der Waals surface area contributed by atoms with E-state index in [1.165, 1.54) is 17.4 Å². The van der Waals surface area contributed by atoms with E-state index in [9.17, 15) is 15.3 Å². The van der Waals surface area contributed by atoms with Gasteiger partial charge in [0.1, 0.15) is 23.6 Å². The van der Waals surface area contributed by atoms with Gasteiger partial charge in [0.25, 0.3) is 0 Å². The minimum atomic E-state index is -0.380. The smallest absolute Gasteiger partial charge is 0.330 e. The number of allylic oxidation sites excluding steroid dienone is 1. The number of benzene rings is 2. The maximum Gasteiger partial charge on any atom is 0.330 e. The van der Waals surface area contributed by atoms with E-state index in [-0.39, 0.29) is 18.7 Å². The Morgan fingerprint density at radius 1 is 0.852 bits per heavy atom. The number of azo groups is 1. The predicted octanol–water partition coefficient (Wildman–Crippen LogP) is 7.14. The summed E-state index contributed by atoms with van der Waals surface area (Å²) in [6, 6.07) is 20.2. The number of aryl methyl sites for hydroxylation is 1. The number of likely N-dealkylation sites (N-methyl/N-ethyl adjacent to an activating group) is 1. The van der Waals surface area contributed by atoms with E-state index in [1.807, 2.05) is 49.4 Å². The number of rotatable bonds is 27. The number of hydrogen-bond donors (Lipinski definition) is 0. The zero-order valence-electron chi connectivity index (χ0n) is 31.7. The first-order valence-corrected chi connectivity index (χ1v) is 18.8. The molecular weight excluding hydrogens is 711 g/mol. The number of nitriles is 2. The van der Waals surface area contributed by atoms with Crippen LogP contribution in [0.2, 0.25) is 0 Å². The van der Waals surface area contributed by atoms with Crippen LogP contribution in [-0.2, 0) is 44.6 Å². The summed E-state index contributed by atoms with van der Waals surface area (Å²) in [6.45, 7) is 13.7. The Bertz CT molecular complexity index is 1690. The van der Waals surface area contributed by atoms with Gasteiger partial charge < -0.3 is 38.1 Å². The molecule has 1 aromatic heterocycles. The Morgan fingerprint density at radius 3 is 2.09 bits per heavy atom. The van der Waals surface area contributed by atoms with E-state index >= 15 is 0 Å². The van der Waals surface area contributed by atoms with Crippen molar-refractivity contribution in [2.75, 3.05) is 90.7 Å². The van der Waals surface area contributed by atoms with Crippen LogP contribution in [0.5, 0.6) is 0 Å². The van der Waals surface area contributed by atoms with Crippen molar-refractivity contribution in [2.24, 2.45) is 10.2 Å². The largest absolute Gasteiger partial charge is 0.460 e. The number of carbonyl (C=O) groups excluding carboxylic acids is 1. The number of nitrogens with zero attached hydrogens (tertiary/aromatic N) is 5. The molecule has 1 heterocycles. The molecule has 13 nitrogen and oxygen atoms in total. The maximum absolute atomic E-state index is 11.2. The van der Waals surface area contributed by atoms with Crippen LogP contribution in [0.4, 0.5) is 16.4 Å². The van der Waals surface area contributed by atoms with Crippen LogP contribution in [-0.4, -0.2) is 97.8 Å². The van der Waals surface area contributed by atoms with Crippen molar-refractivity contribution in [3.8, 4) is 12.1 Å². The van der Waals surface area contributed by atoms with Crippen LogP contribution in [0.1, 0.15) is 41.0 Å². The molecule has 0 saturated carbocycles. The molecule has 0 aliphatic rings. The summed E-state index contributed by atoms with van der Waals surface area (Å²) in [5.41, 5.74) is 4.72. The van der Waals surface area contributed by atoms with Gasteiger partial charge in [-0.2, -0.15) is 10.5 Å². The highest BCUT2D eigenvalue weighted by Gasteiger charge is 2.17. The summed E-state index contributed by atoms with van der Waals surface area (Å²) in [5.74, 6) is -0.380. The molecule has 0 aliphatic carbocycles. The molecule has 0 fully saturated rings. The van der Waals surface area contributed by atoms with Gasteiger partial charge in [-0.15, -0.1) is 21.6 Å². The average molecular weight is 762 g/mol. The molecule has 3 aromatic rings. The fourth-order valence-corrected chi connectivity index (χ4v) is 5.85. The summed E-state index contributed by atoms with van der Waals surface area (Å²) in [5, 5.41) is 28.0. The van der Waals surface area contributed by atoms with E-state index < -0.39 is 0 Å². The maximum atomic E-state index is 11.2. The highest BCUT2D eigenvalue weighted by atomic mass is 32.1. The Hall–Kier alpha value is -4.51. The molecule has 54 heavy (non-hydrogen) atoms. The van der Waals surface area contributed by atoms with Crippen LogP contribution in [0.25, 0.3) is 0 Å².